The van der Waals surface area contributed by atoms with Crippen LogP contribution in [0.2, 0.25) is 0 Å². The van der Waals surface area contributed by atoms with Gasteiger partial charge in [-0.1, -0.05) is 6.07 Å². The minimum absolute atomic E-state index is 0.0391. The zero-order chi connectivity index (χ0) is 11.5. The summed E-state index contributed by atoms with van der Waals surface area (Å²) in [5.74, 6) is -1.43. The number of aromatic nitrogens is 1. The molecule has 1 heterocycles. The molecule has 0 fully saturated rings. The minimum atomic E-state index is -0.930. The molecule has 2 aromatic rings. The molecule has 0 aliphatic heterocycles. The highest BCUT2D eigenvalue weighted by Gasteiger charge is 2.07. The van der Waals surface area contributed by atoms with Crippen molar-refractivity contribution in [3.63, 3.8) is 0 Å². The van der Waals surface area contributed by atoms with E-state index in [4.69, 9.17) is 5.73 Å². The molecular weight excluding hydrogens is 212 g/mol. The summed E-state index contributed by atoms with van der Waals surface area (Å²) in [7, 11) is 0. The molecule has 0 saturated carbocycles. The van der Waals surface area contributed by atoms with Crippen LogP contribution in [0.1, 0.15) is 0 Å². The molecule has 82 valence electrons. The first kappa shape index (κ1) is 10.4. The number of hydrogen-bond acceptors (Lipinski definition) is 3. The Balaban J connectivity index is 2.27. The van der Waals surface area contributed by atoms with E-state index >= 15 is 0 Å². The Hall–Kier alpha value is -2.17. The van der Waals surface area contributed by atoms with Crippen molar-refractivity contribution in [1.82, 2.24) is 4.98 Å². The van der Waals surface area contributed by atoms with Crippen LogP contribution in [0.3, 0.4) is 0 Å². The summed E-state index contributed by atoms with van der Waals surface area (Å²) in [5.41, 5.74) is 5.99. The summed E-state index contributed by atoms with van der Waals surface area (Å²) >= 11 is 0. The van der Waals surface area contributed by atoms with Crippen molar-refractivity contribution in [2.45, 2.75) is 0 Å². The largest absolute Gasteiger partial charge is 0.397 e. The number of pyridine rings is 1. The molecule has 0 aliphatic rings. The van der Waals surface area contributed by atoms with Gasteiger partial charge in [0.25, 0.3) is 0 Å². The third-order valence-electron chi connectivity index (χ3n) is 2.00. The molecule has 0 radical (unpaired) electrons. The zero-order valence-corrected chi connectivity index (χ0v) is 8.24. The van der Waals surface area contributed by atoms with Gasteiger partial charge in [0.15, 0.2) is 11.6 Å². The van der Waals surface area contributed by atoms with Gasteiger partial charge in [0.05, 0.1) is 17.6 Å². The molecule has 3 nitrogen and oxygen atoms in total. The fraction of sp³-hybridized carbons (Fsp3) is 0. The van der Waals surface area contributed by atoms with Crippen LogP contribution in [0, 0.1) is 11.6 Å². The van der Waals surface area contributed by atoms with Crippen LogP contribution in [0.15, 0.2) is 36.5 Å². The molecule has 2 rings (SSSR count). The normalized spacial score (nSPS) is 10.1. The maximum atomic E-state index is 13.3. The number of rotatable bonds is 2. The van der Waals surface area contributed by atoms with Crippen LogP contribution < -0.4 is 11.1 Å². The number of benzene rings is 1. The summed E-state index contributed by atoms with van der Waals surface area (Å²) in [6, 6.07) is 7.09. The van der Waals surface area contributed by atoms with E-state index < -0.39 is 11.6 Å². The standard InChI is InChI=1S/C11H9F2N3/c12-8-2-1-3-9(11(8)13)16-10-5-4-7(14)6-15-10/h1-6H,14H2,(H,15,16). The molecule has 5 heteroatoms. The van der Waals surface area contributed by atoms with Gasteiger partial charge in [-0.25, -0.2) is 13.8 Å². The molecule has 1 aromatic heterocycles. The fourth-order valence-corrected chi connectivity index (χ4v) is 1.22. The van der Waals surface area contributed by atoms with Crippen LogP contribution in [0.25, 0.3) is 0 Å². The van der Waals surface area contributed by atoms with E-state index in [1.807, 2.05) is 0 Å². The molecule has 1 aromatic carbocycles. The number of nitrogens with one attached hydrogen (secondary N) is 1. The van der Waals surface area contributed by atoms with Crippen molar-refractivity contribution < 1.29 is 8.78 Å². The molecule has 16 heavy (non-hydrogen) atoms. The van der Waals surface area contributed by atoms with Crippen molar-refractivity contribution in [2.24, 2.45) is 0 Å². The monoisotopic (exact) mass is 221 g/mol. The molecular formula is C11H9F2N3. The van der Waals surface area contributed by atoms with Gasteiger partial charge in [0.2, 0.25) is 0 Å². The van der Waals surface area contributed by atoms with E-state index in [2.05, 4.69) is 10.3 Å². The van der Waals surface area contributed by atoms with Gasteiger partial charge in [-0.05, 0) is 24.3 Å². The predicted octanol–water partition coefficient (Wildman–Crippen LogP) is 2.69. The van der Waals surface area contributed by atoms with Crippen molar-refractivity contribution in [3.05, 3.63) is 48.2 Å². The summed E-state index contributed by atoms with van der Waals surface area (Å²) < 4.78 is 26.2. The van der Waals surface area contributed by atoms with Crippen molar-refractivity contribution >= 4 is 17.2 Å². The fourth-order valence-electron chi connectivity index (χ4n) is 1.22. The molecule has 0 atom stereocenters. The smallest absolute Gasteiger partial charge is 0.182 e. The number of hydrogen-bond donors (Lipinski definition) is 2. The number of nitrogen functional groups attached to an aromatic ring is 1. The lowest BCUT2D eigenvalue weighted by Crippen LogP contribution is -1.98. The first-order valence-electron chi connectivity index (χ1n) is 4.59. The van der Waals surface area contributed by atoms with Crippen LogP contribution in [0.4, 0.5) is 26.0 Å². The summed E-state index contributed by atoms with van der Waals surface area (Å²) in [5, 5.41) is 2.66. The molecule has 0 spiro atoms. The summed E-state index contributed by atoms with van der Waals surface area (Å²) in [6.45, 7) is 0. The molecule has 0 bridgehead atoms. The van der Waals surface area contributed by atoms with Crippen molar-refractivity contribution in [2.75, 3.05) is 11.1 Å². The van der Waals surface area contributed by atoms with Gasteiger partial charge >= 0.3 is 0 Å². The lowest BCUT2D eigenvalue weighted by atomic mass is 10.3. The van der Waals surface area contributed by atoms with Crippen LogP contribution in [-0.4, -0.2) is 4.98 Å². The number of halogens is 2. The van der Waals surface area contributed by atoms with E-state index in [1.165, 1.54) is 18.3 Å². The van der Waals surface area contributed by atoms with Crippen molar-refractivity contribution in [3.8, 4) is 0 Å². The van der Waals surface area contributed by atoms with Gasteiger partial charge in [-0.2, -0.15) is 0 Å². The lowest BCUT2D eigenvalue weighted by Gasteiger charge is -2.06. The van der Waals surface area contributed by atoms with Crippen LogP contribution in [-0.2, 0) is 0 Å². The topological polar surface area (TPSA) is 50.9 Å². The second-order valence-electron chi connectivity index (χ2n) is 3.20. The Bertz CT molecular complexity index is 497. The number of nitrogens with two attached hydrogens (primary N) is 1. The molecule has 0 amide bonds. The van der Waals surface area contributed by atoms with E-state index in [9.17, 15) is 8.78 Å². The van der Waals surface area contributed by atoms with E-state index in [1.54, 1.807) is 12.1 Å². The zero-order valence-electron chi connectivity index (χ0n) is 8.24. The van der Waals surface area contributed by atoms with Gasteiger partial charge in [0.1, 0.15) is 5.82 Å². The second-order valence-corrected chi connectivity index (χ2v) is 3.20. The average Bonchev–Trinajstić information content (AvgIpc) is 2.28. The SMILES string of the molecule is Nc1ccc(Nc2cccc(F)c2F)nc1. The first-order chi connectivity index (χ1) is 7.66. The molecule has 0 aliphatic carbocycles. The predicted molar refractivity (Wildman–Crippen MR) is 58.3 cm³/mol. The number of nitrogens with zero attached hydrogens (tertiary/aromatic N) is 1. The molecule has 0 unspecified atom stereocenters. The summed E-state index contributed by atoms with van der Waals surface area (Å²) in [4.78, 5) is 3.92. The Kier molecular flexibility index (Phi) is 2.68. The van der Waals surface area contributed by atoms with Gasteiger partial charge in [0, 0.05) is 0 Å². The Morgan fingerprint density at radius 3 is 2.62 bits per heavy atom. The lowest BCUT2D eigenvalue weighted by molar-refractivity contribution is 0.511. The Morgan fingerprint density at radius 2 is 1.94 bits per heavy atom. The van der Waals surface area contributed by atoms with Crippen LogP contribution >= 0.6 is 0 Å². The third-order valence-corrected chi connectivity index (χ3v) is 2.00. The Morgan fingerprint density at radius 1 is 1.12 bits per heavy atom. The number of anilines is 3. The van der Waals surface area contributed by atoms with E-state index in [-0.39, 0.29) is 5.69 Å². The van der Waals surface area contributed by atoms with E-state index in [0.717, 1.165) is 6.07 Å². The van der Waals surface area contributed by atoms with E-state index in [0.29, 0.717) is 11.5 Å². The quantitative estimate of drug-likeness (QED) is 0.819. The average molecular weight is 221 g/mol. The van der Waals surface area contributed by atoms with Crippen LogP contribution in [0.5, 0.6) is 0 Å². The minimum Gasteiger partial charge on any atom is -0.397 e. The van der Waals surface area contributed by atoms with Gasteiger partial charge in [-0.3, -0.25) is 0 Å². The maximum absolute atomic E-state index is 13.3. The summed E-state index contributed by atoms with van der Waals surface area (Å²) in [6.07, 6.45) is 1.43. The second kappa shape index (κ2) is 4.14. The third kappa shape index (κ3) is 2.08. The highest BCUT2D eigenvalue weighted by molar-refractivity contribution is 5.58. The highest BCUT2D eigenvalue weighted by atomic mass is 19.2. The van der Waals surface area contributed by atoms with Gasteiger partial charge < -0.3 is 11.1 Å². The molecule has 0 saturated heterocycles. The molecule has 3 N–H and O–H groups in total. The van der Waals surface area contributed by atoms with Crippen molar-refractivity contribution in [1.29, 1.82) is 0 Å². The maximum Gasteiger partial charge on any atom is 0.182 e. The highest BCUT2D eigenvalue weighted by Crippen LogP contribution is 2.20. The van der Waals surface area contributed by atoms with Gasteiger partial charge in [-0.15, -0.1) is 0 Å². The first-order valence-corrected chi connectivity index (χ1v) is 4.59. The Labute approximate surface area is 90.9 Å².